The van der Waals surface area contributed by atoms with Crippen LogP contribution in [0.15, 0.2) is 0 Å². The predicted octanol–water partition coefficient (Wildman–Crippen LogP) is 7.17. The summed E-state index contributed by atoms with van der Waals surface area (Å²) >= 11 is 6.63. The summed E-state index contributed by atoms with van der Waals surface area (Å²) in [6.07, 6.45) is 17.9. The van der Waals surface area contributed by atoms with Gasteiger partial charge in [-0.2, -0.15) is 0 Å². The van der Waals surface area contributed by atoms with Gasteiger partial charge in [0.2, 0.25) is 0 Å². The molecule has 0 amide bonds. The maximum Gasteiger partial charge on any atom is 0.0527 e. The van der Waals surface area contributed by atoms with Crippen LogP contribution in [0, 0.1) is 0 Å². The van der Waals surface area contributed by atoms with Crippen LogP contribution in [0.3, 0.4) is 0 Å². The van der Waals surface area contributed by atoms with E-state index in [2.05, 4.69) is 25.7 Å². The van der Waals surface area contributed by atoms with Gasteiger partial charge in [-0.15, -0.1) is 11.6 Å². The Hall–Kier alpha value is 0.210. The van der Waals surface area contributed by atoms with Crippen molar-refractivity contribution in [2.24, 2.45) is 0 Å². The number of aliphatic hydroxyl groups excluding tert-OH is 1. The van der Waals surface area contributed by atoms with Crippen LogP contribution in [-0.4, -0.2) is 40.6 Å². The number of hydrogen-bond donors (Lipinski definition) is 1. The average molecular weight is 390 g/mol. The van der Waals surface area contributed by atoms with Gasteiger partial charge in [-0.25, -0.2) is 0 Å². The molecule has 0 saturated heterocycles. The molecule has 0 aliphatic carbocycles. The van der Waals surface area contributed by atoms with Crippen molar-refractivity contribution < 1.29 is 5.11 Å². The fourth-order valence-electron chi connectivity index (χ4n) is 3.97. The van der Waals surface area contributed by atoms with Crippen molar-refractivity contribution in [1.82, 2.24) is 4.90 Å². The second kappa shape index (κ2) is 18.6. The van der Waals surface area contributed by atoms with Gasteiger partial charge < -0.3 is 10.0 Å². The van der Waals surface area contributed by atoms with Crippen molar-refractivity contribution in [3.63, 3.8) is 0 Å². The van der Waals surface area contributed by atoms with Crippen LogP contribution in [-0.2, 0) is 0 Å². The molecule has 0 saturated carbocycles. The lowest BCUT2D eigenvalue weighted by atomic mass is 9.99. The summed E-state index contributed by atoms with van der Waals surface area (Å²) in [6.45, 7) is 10.6. The highest BCUT2D eigenvalue weighted by atomic mass is 35.5. The van der Waals surface area contributed by atoms with Gasteiger partial charge in [0.25, 0.3) is 0 Å². The summed E-state index contributed by atoms with van der Waals surface area (Å²) in [5.74, 6) is 0. The molecule has 0 aliphatic heterocycles. The number of hydrogen-bond acceptors (Lipinski definition) is 2. The zero-order valence-electron chi connectivity index (χ0n) is 18.3. The van der Waals surface area contributed by atoms with E-state index < -0.39 is 0 Å². The summed E-state index contributed by atoms with van der Waals surface area (Å²) in [6, 6.07) is 0.417. The van der Waals surface area contributed by atoms with E-state index in [-0.39, 0.29) is 11.5 Å². The van der Waals surface area contributed by atoms with Crippen molar-refractivity contribution in [3.05, 3.63) is 0 Å². The van der Waals surface area contributed by atoms with E-state index in [0.717, 1.165) is 32.4 Å². The topological polar surface area (TPSA) is 23.5 Å². The molecule has 26 heavy (non-hydrogen) atoms. The fourth-order valence-corrected chi connectivity index (χ4v) is 4.33. The maximum atomic E-state index is 9.78. The molecule has 0 heterocycles. The van der Waals surface area contributed by atoms with Crippen LogP contribution >= 0.6 is 11.6 Å². The first-order valence-corrected chi connectivity index (χ1v) is 12.0. The Morgan fingerprint density at radius 3 is 1.62 bits per heavy atom. The Morgan fingerprint density at radius 1 is 0.731 bits per heavy atom. The third-order valence-electron chi connectivity index (χ3n) is 5.59. The summed E-state index contributed by atoms with van der Waals surface area (Å²) in [7, 11) is 0. The first-order valence-electron chi connectivity index (χ1n) is 11.6. The van der Waals surface area contributed by atoms with Crippen molar-refractivity contribution >= 4 is 11.6 Å². The second-order valence-corrected chi connectivity index (χ2v) is 8.73. The van der Waals surface area contributed by atoms with E-state index in [4.69, 9.17) is 11.6 Å². The Bertz CT molecular complexity index is 281. The lowest BCUT2D eigenvalue weighted by molar-refractivity contribution is 0.112. The molecule has 0 aromatic carbocycles. The Kier molecular flexibility index (Phi) is 18.7. The lowest BCUT2D eigenvalue weighted by Gasteiger charge is -2.32. The molecule has 0 aromatic heterocycles. The summed E-state index contributed by atoms with van der Waals surface area (Å²) in [4.78, 5) is 2.45. The van der Waals surface area contributed by atoms with Gasteiger partial charge in [0.05, 0.1) is 6.10 Å². The fraction of sp³-hybridized carbons (Fsp3) is 1.00. The van der Waals surface area contributed by atoms with E-state index in [1.165, 1.54) is 70.6 Å². The van der Waals surface area contributed by atoms with Crippen LogP contribution in [0.25, 0.3) is 0 Å². The predicted molar refractivity (Wildman–Crippen MR) is 118 cm³/mol. The molecule has 0 aromatic rings. The second-order valence-electron chi connectivity index (χ2n) is 8.12. The van der Waals surface area contributed by atoms with Gasteiger partial charge in [0, 0.05) is 11.4 Å². The van der Waals surface area contributed by atoms with Crippen molar-refractivity contribution in [2.75, 3.05) is 13.1 Å². The van der Waals surface area contributed by atoms with E-state index in [1.54, 1.807) is 0 Å². The van der Waals surface area contributed by atoms with E-state index in [9.17, 15) is 5.11 Å². The van der Waals surface area contributed by atoms with E-state index in [1.807, 2.05) is 6.92 Å². The van der Waals surface area contributed by atoms with Crippen molar-refractivity contribution in [1.29, 1.82) is 0 Å². The third kappa shape index (κ3) is 15.3. The summed E-state index contributed by atoms with van der Waals surface area (Å²) in [5, 5.41) is 10.0. The molecule has 3 heteroatoms. The smallest absolute Gasteiger partial charge is 0.0527 e. The van der Waals surface area contributed by atoms with Gasteiger partial charge in [-0.1, -0.05) is 91.4 Å². The quantitative estimate of drug-likeness (QED) is 0.187. The van der Waals surface area contributed by atoms with Gasteiger partial charge in [0.1, 0.15) is 0 Å². The minimum Gasteiger partial charge on any atom is -0.393 e. The Labute approximate surface area is 170 Å². The number of halogens is 1. The molecular weight excluding hydrogens is 342 g/mol. The molecule has 3 atom stereocenters. The molecular formula is C23H48ClNO. The van der Waals surface area contributed by atoms with Crippen LogP contribution in [0.1, 0.15) is 118 Å². The number of aliphatic hydroxyl groups is 1. The molecule has 0 bridgehead atoms. The maximum absolute atomic E-state index is 9.78. The van der Waals surface area contributed by atoms with Crippen LogP contribution < -0.4 is 0 Å². The first kappa shape index (κ1) is 26.2. The molecule has 3 unspecified atom stereocenters. The molecule has 1 N–H and O–H groups in total. The molecule has 0 fully saturated rings. The van der Waals surface area contributed by atoms with Gasteiger partial charge in [0.15, 0.2) is 0 Å². The zero-order valence-corrected chi connectivity index (χ0v) is 19.1. The van der Waals surface area contributed by atoms with Crippen LogP contribution in [0.4, 0.5) is 0 Å². The highest BCUT2D eigenvalue weighted by Crippen LogP contribution is 2.21. The van der Waals surface area contributed by atoms with Crippen molar-refractivity contribution in [3.8, 4) is 0 Å². The average Bonchev–Trinajstić information content (AvgIpc) is 2.60. The van der Waals surface area contributed by atoms with Crippen molar-refractivity contribution in [2.45, 2.75) is 135 Å². The standard InChI is InChI=1S/C23H48ClNO/c1-5-8-9-10-11-12-13-14-15-16-17-18-22(24)20-23(19-21(4)26)25(6-2)7-3/h21-23,26H,5-20H2,1-4H3. The number of alkyl halides is 1. The molecule has 2 nitrogen and oxygen atoms in total. The molecule has 0 spiro atoms. The normalized spacial score (nSPS) is 15.3. The van der Waals surface area contributed by atoms with Gasteiger partial charge >= 0.3 is 0 Å². The highest BCUT2D eigenvalue weighted by molar-refractivity contribution is 6.20. The molecule has 158 valence electrons. The largest absolute Gasteiger partial charge is 0.393 e. The minimum absolute atomic E-state index is 0.244. The summed E-state index contributed by atoms with van der Waals surface area (Å²) in [5.41, 5.74) is 0. The molecule has 0 radical (unpaired) electrons. The molecule has 0 rings (SSSR count). The zero-order chi connectivity index (χ0) is 19.6. The minimum atomic E-state index is -0.244. The van der Waals surface area contributed by atoms with Crippen LogP contribution in [0.5, 0.6) is 0 Å². The van der Waals surface area contributed by atoms with E-state index >= 15 is 0 Å². The molecule has 0 aliphatic rings. The number of unbranched alkanes of at least 4 members (excludes halogenated alkanes) is 10. The summed E-state index contributed by atoms with van der Waals surface area (Å²) < 4.78 is 0. The van der Waals surface area contributed by atoms with Crippen LogP contribution in [0.2, 0.25) is 0 Å². The van der Waals surface area contributed by atoms with Gasteiger partial charge in [-0.3, -0.25) is 0 Å². The first-order chi connectivity index (χ1) is 12.5. The van der Waals surface area contributed by atoms with Gasteiger partial charge in [-0.05, 0) is 39.3 Å². The number of nitrogens with zero attached hydrogens (tertiary/aromatic N) is 1. The SMILES string of the molecule is CCCCCCCCCCCCCC(Cl)CC(CC(C)O)N(CC)CC. The van der Waals surface area contributed by atoms with E-state index in [0.29, 0.717) is 6.04 Å². The Balaban J connectivity index is 3.71. The monoisotopic (exact) mass is 389 g/mol. The Morgan fingerprint density at radius 2 is 1.19 bits per heavy atom. The lowest BCUT2D eigenvalue weighted by Crippen LogP contribution is -2.38. The number of rotatable bonds is 19. The highest BCUT2D eigenvalue weighted by Gasteiger charge is 2.21. The third-order valence-corrected chi connectivity index (χ3v) is 5.99.